The van der Waals surface area contributed by atoms with Gasteiger partial charge in [0.2, 0.25) is 11.8 Å². The Balaban J connectivity index is 1.76. The van der Waals surface area contributed by atoms with E-state index in [0.29, 0.717) is 19.5 Å². The Labute approximate surface area is 132 Å². The van der Waals surface area contributed by atoms with Crippen LogP contribution in [0.3, 0.4) is 0 Å². The first-order valence-corrected chi connectivity index (χ1v) is 8.12. The highest BCUT2D eigenvalue weighted by Gasteiger charge is 2.30. The predicted octanol–water partition coefficient (Wildman–Crippen LogP) is 2.05. The summed E-state index contributed by atoms with van der Waals surface area (Å²) in [6.45, 7) is 2.97. The van der Waals surface area contributed by atoms with Gasteiger partial charge in [-0.25, -0.2) is 4.98 Å². The smallest absolute Gasteiger partial charge is 0.247 e. The number of hydrogen-bond donors (Lipinski definition) is 1. The summed E-state index contributed by atoms with van der Waals surface area (Å²) in [6, 6.07) is 7.50. The van der Waals surface area contributed by atoms with Crippen molar-refractivity contribution in [1.29, 1.82) is 0 Å². The Morgan fingerprint density at radius 2 is 2.32 bits per heavy atom. The molecule has 2 aromatic rings. The Bertz CT molecular complexity index is 705. The van der Waals surface area contributed by atoms with E-state index in [0.717, 1.165) is 15.2 Å². The van der Waals surface area contributed by atoms with E-state index in [9.17, 15) is 9.59 Å². The van der Waals surface area contributed by atoms with Crippen LogP contribution in [0.1, 0.15) is 18.4 Å². The zero-order valence-corrected chi connectivity index (χ0v) is 13.1. The molecule has 0 aliphatic carbocycles. The fourth-order valence-electron chi connectivity index (χ4n) is 2.58. The van der Waals surface area contributed by atoms with Crippen molar-refractivity contribution in [2.75, 3.05) is 13.1 Å². The Morgan fingerprint density at radius 3 is 3.09 bits per heavy atom. The van der Waals surface area contributed by atoms with Crippen LogP contribution < -0.4 is 5.32 Å². The number of amides is 2. The molecule has 1 unspecified atom stereocenters. The molecule has 6 heteroatoms. The lowest BCUT2D eigenvalue weighted by Crippen LogP contribution is -2.56. The van der Waals surface area contributed by atoms with Crippen molar-refractivity contribution < 1.29 is 9.59 Å². The molecule has 1 atom stereocenters. The third-order valence-corrected chi connectivity index (χ3v) is 4.68. The Hall–Kier alpha value is -2.21. The van der Waals surface area contributed by atoms with Gasteiger partial charge in [-0.1, -0.05) is 19.1 Å². The van der Waals surface area contributed by atoms with Crippen LogP contribution in [0.15, 0.2) is 30.3 Å². The van der Waals surface area contributed by atoms with Gasteiger partial charge in [-0.15, -0.1) is 11.3 Å². The second kappa shape index (κ2) is 6.27. The van der Waals surface area contributed by atoms with Crippen molar-refractivity contribution in [3.8, 4) is 0 Å². The minimum Gasteiger partial charge on any atom is -0.353 e. The number of aromatic nitrogens is 1. The molecule has 0 spiro atoms. The molecule has 2 amide bonds. The summed E-state index contributed by atoms with van der Waals surface area (Å²) in [5.74, 6) is -0.212. The van der Waals surface area contributed by atoms with Gasteiger partial charge < -0.3 is 10.2 Å². The highest BCUT2D eigenvalue weighted by atomic mass is 32.1. The Morgan fingerprint density at radius 1 is 1.50 bits per heavy atom. The number of fused-ring (bicyclic) bond motifs is 1. The fourth-order valence-corrected chi connectivity index (χ4v) is 3.45. The predicted molar refractivity (Wildman–Crippen MR) is 87.5 cm³/mol. The molecule has 114 valence electrons. The second-order valence-corrected chi connectivity index (χ2v) is 6.16. The number of para-hydroxylation sites is 1. The van der Waals surface area contributed by atoms with Crippen LogP contribution in [0.5, 0.6) is 0 Å². The molecule has 1 aliphatic rings. The van der Waals surface area contributed by atoms with Gasteiger partial charge in [0, 0.05) is 19.2 Å². The van der Waals surface area contributed by atoms with Gasteiger partial charge in [-0.05, 0) is 24.6 Å². The first-order valence-electron chi connectivity index (χ1n) is 7.31. The number of hydrogen-bond acceptors (Lipinski definition) is 4. The highest BCUT2D eigenvalue weighted by Crippen LogP contribution is 2.22. The zero-order valence-electron chi connectivity index (χ0n) is 12.3. The molecule has 1 saturated heterocycles. The minimum atomic E-state index is -0.374. The average Bonchev–Trinajstić information content (AvgIpc) is 2.95. The first kappa shape index (κ1) is 14.7. The monoisotopic (exact) mass is 315 g/mol. The van der Waals surface area contributed by atoms with Crippen molar-refractivity contribution in [3.63, 3.8) is 0 Å². The lowest BCUT2D eigenvalue weighted by Gasteiger charge is -2.33. The van der Waals surface area contributed by atoms with Crippen LogP contribution in [0.2, 0.25) is 0 Å². The van der Waals surface area contributed by atoms with Crippen molar-refractivity contribution in [2.45, 2.75) is 19.4 Å². The summed E-state index contributed by atoms with van der Waals surface area (Å²) >= 11 is 1.55. The fraction of sp³-hybridized carbons (Fsp3) is 0.312. The minimum absolute atomic E-state index is 0.0736. The van der Waals surface area contributed by atoms with E-state index < -0.39 is 0 Å². The third kappa shape index (κ3) is 2.87. The molecule has 0 saturated carbocycles. The summed E-state index contributed by atoms with van der Waals surface area (Å²) in [5, 5.41) is 3.59. The SMILES string of the molecule is CCC1C(=O)NCCN1C(=O)/C=C/c1nc2ccccc2s1. The summed E-state index contributed by atoms with van der Waals surface area (Å²) in [4.78, 5) is 30.2. The average molecular weight is 315 g/mol. The van der Waals surface area contributed by atoms with Crippen LogP contribution in [0, 0.1) is 0 Å². The van der Waals surface area contributed by atoms with Crippen LogP contribution in [0.25, 0.3) is 16.3 Å². The number of carbonyl (C=O) groups is 2. The summed E-state index contributed by atoms with van der Waals surface area (Å²) in [6.07, 6.45) is 3.86. The quantitative estimate of drug-likeness (QED) is 0.882. The number of rotatable bonds is 3. The van der Waals surface area contributed by atoms with Crippen LogP contribution in [-0.2, 0) is 9.59 Å². The van der Waals surface area contributed by atoms with Crippen LogP contribution in [-0.4, -0.2) is 40.8 Å². The van der Waals surface area contributed by atoms with E-state index in [1.165, 1.54) is 6.08 Å². The maximum Gasteiger partial charge on any atom is 0.247 e. The molecule has 5 nitrogen and oxygen atoms in total. The number of nitrogens with one attached hydrogen (secondary N) is 1. The number of nitrogens with zero attached hydrogens (tertiary/aromatic N) is 2. The van der Waals surface area contributed by atoms with Crippen molar-refractivity contribution >= 4 is 39.4 Å². The molecular weight excluding hydrogens is 298 g/mol. The second-order valence-electron chi connectivity index (χ2n) is 5.10. The number of thiazole rings is 1. The molecular formula is C16H17N3O2S. The van der Waals surface area contributed by atoms with Crippen molar-refractivity contribution in [2.24, 2.45) is 0 Å². The molecule has 1 N–H and O–H groups in total. The summed E-state index contributed by atoms with van der Waals surface area (Å²) in [7, 11) is 0. The van der Waals surface area contributed by atoms with Gasteiger partial charge in [0.15, 0.2) is 0 Å². The van der Waals surface area contributed by atoms with Gasteiger partial charge in [0.1, 0.15) is 11.0 Å². The zero-order chi connectivity index (χ0) is 15.5. The van der Waals surface area contributed by atoms with Gasteiger partial charge in [-0.2, -0.15) is 0 Å². The topological polar surface area (TPSA) is 62.3 Å². The van der Waals surface area contributed by atoms with E-state index in [2.05, 4.69) is 10.3 Å². The molecule has 22 heavy (non-hydrogen) atoms. The summed E-state index contributed by atoms with van der Waals surface area (Å²) < 4.78 is 1.10. The summed E-state index contributed by atoms with van der Waals surface area (Å²) in [5.41, 5.74) is 0.934. The van der Waals surface area contributed by atoms with E-state index >= 15 is 0 Å². The molecule has 3 rings (SSSR count). The molecule has 1 fully saturated rings. The maximum absolute atomic E-state index is 12.3. The van der Waals surface area contributed by atoms with E-state index in [-0.39, 0.29) is 17.9 Å². The Kier molecular flexibility index (Phi) is 4.20. The molecule has 1 aromatic heterocycles. The maximum atomic E-state index is 12.3. The normalized spacial score (nSPS) is 18.9. The highest BCUT2D eigenvalue weighted by molar-refractivity contribution is 7.19. The van der Waals surface area contributed by atoms with E-state index in [1.54, 1.807) is 22.3 Å². The molecule has 1 aliphatic heterocycles. The largest absolute Gasteiger partial charge is 0.353 e. The molecule has 2 heterocycles. The van der Waals surface area contributed by atoms with Crippen LogP contribution in [0.4, 0.5) is 0 Å². The molecule has 0 radical (unpaired) electrons. The lowest BCUT2D eigenvalue weighted by molar-refractivity contribution is -0.140. The van der Waals surface area contributed by atoms with Crippen molar-refractivity contribution in [1.82, 2.24) is 15.2 Å². The first-order chi connectivity index (χ1) is 10.7. The number of piperazine rings is 1. The number of benzene rings is 1. The van der Waals surface area contributed by atoms with Gasteiger partial charge in [-0.3, -0.25) is 9.59 Å². The lowest BCUT2D eigenvalue weighted by atomic mass is 10.1. The van der Waals surface area contributed by atoms with Gasteiger partial charge in [0.05, 0.1) is 10.2 Å². The van der Waals surface area contributed by atoms with Crippen LogP contribution >= 0.6 is 11.3 Å². The molecule has 1 aromatic carbocycles. The third-order valence-electron chi connectivity index (χ3n) is 3.68. The van der Waals surface area contributed by atoms with Gasteiger partial charge >= 0.3 is 0 Å². The van der Waals surface area contributed by atoms with E-state index in [1.807, 2.05) is 31.2 Å². The molecule has 0 bridgehead atoms. The number of carbonyl (C=O) groups excluding carboxylic acids is 2. The standard InChI is InChI=1S/C16H17N3O2S/c1-2-12-16(21)17-9-10-19(12)15(20)8-7-14-18-11-5-3-4-6-13(11)22-14/h3-8,12H,2,9-10H2,1H3,(H,17,21)/b8-7+. The van der Waals surface area contributed by atoms with Gasteiger partial charge in [0.25, 0.3) is 0 Å². The van der Waals surface area contributed by atoms with E-state index in [4.69, 9.17) is 0 Å². The van der Waals surface area contributed by atoms with Crippen molar-refractivity contribution in [3.05, 3.63) is 35.3 Å².